The number of ether oxygens (including phenoxy) is 1. The van der Waals surface area contributed by atoms with E-state index in [1.165, 1.54) is 0 Å². The van der Waals surface area contributed by atoms with Crippen LogP contribution in [0.3, 0.4) is 0 Å². The van der Waals surface area contributed by atoms with Crippen molar-refractivity contribution in [1.82, 2.24) is 18.4 Å². The van der Waals surface area contributed by atoms with E-state index in [-0.39, 0.29) is 11.5 Å². The monoisotopic (exact) mass is 444 g/mol. The smallest absolute Gasteiger partial charge is 0.355 e. The van der Waals surface area contributed by atoms with Gasteiger partial charge in [-0.15, -0.1) is 0 Å². The first kappa shape index (κ1) is 21.6. The minimum Gasteiger partial charge on any atom is -0.453 e. The maximum Gasteiger partial charge on any atom is 0.355 e. The van der Waals surface area contributed by atoms with Gasteiger partial charge in [0, 0.05) is 32.4 Å². The summed E-state index contributed by atoms with van der Waals surface area (Å²) in [4.78, 5) is 17.3. The topological polar surface area (TPSA) is 86.4 Å². The lowest BCUT2D eigenvalue weighted by Gasteiger charge is -2.25. The minimum atomic E-state index is -3.53. The molecule has 3 heterocycles. The van der Waals surface area contributed by atoms with Gasteiger partial charge in [0.05, 0.1) is 15.9 Å². The Kier molecular flexibility index (Phi) is 5.90. The van der Waals surface area contributed by atoms with Crippen molar-refractivity contribution in [3.63, 3.8) is 0 Å². The lowest BCUT2D eigenvalue weighted by Crippen LogP contribution is -2.35. The lowest BCUT2D eigenvalue weighted by atomic mass is 10.2. The Morgan fingerprint density at radius 3 is 2.52 bits per heavy atom. The van der Waals surface area contributed by atoms with Crippen LogP contribution in [-0.4, -0.2) is 45.9 Å². The number of sulfonamides is 1. The van der Waals surface area contributed by atoms with Gasteiger partial charge in [0.2, 0.25) is 10.0 Å². The van der Waals surface area contributed by atoms with Gasteiger partial charge in [-0.3, -0.25) is 0 Å². The van der Waals surface area contributed by atoms with Crippen LogP contribution < -0.4 is 0 Å². The third kappa shape index (κ3) is 3.99. The van der Waals surface area contributed by atoms with E-state index in [1.54, 1.807) is 33.1 Å². The second kappa shape index (κ2) is 8.47. The van der Waals surface area contributed by atoms with Crippen molar-refractivity contribution in [2.75, 3.05) is 13.1 Å². The molecule has 1 aliphatic rings. The number of nitrogens with zero attached hydrogens (tertiary/aromatic N) is 4. The zero-order chi connectivity index (χ0) is 22.2. The quantitative estimate of drug-likeness (QED) is 0.545. The Balaban J connectivity index is 1.60. The minimum absolute atomic E-state index is 0.0137. The first-order valence-electron chi connectivity index (χ1n) is 10.6. The highest BCUT2D eigenvalue weighted by atomic mass is 32.2. The number of hydrogen-bond acceptors (Lipinski definition) is 5. The molecule has 3 aromatic rings. The summed E-state index contributed by atoms with van der Waals surface area (Å²) < 4.78 is 36.8. The average molecular weight is 445 g/mol. The second-order valence-electron chi connectivity index (χ2n) is 7.88. The molecule has 8 nitrogen and oxygen atoms in total. The number of esters is 1. The van der Waals surface area contributed by atoms with Gasteiger partial charge in [0.25, 0.3) is 0 Å². The van der Waals surface area contributed by atoms with Gasteiger partial charge in [-0.2, -0.15) is 4.31 Å². The van der Waals surface area contributed by atoms with Crippen LogP contribution in [0.4, 0.5) is 0 Å². The SMILES string of the molecule is CCn1c(COC(=O)c2ccc(C)n2C)nc2cc(S(=O)(=O)N3CCCCC3)ccc21. The van der Waals surface area contributed by atoms with E-state index in [9.17, 15) is 13.2 Å². The highest BCUT2D eigenvalue weighted by Gasteiger charge is 2.27. The molecule has 1 saturated heterocycles. The highest BCUT2D eigenvalue weighted by Crippen LogP contribution is 2.25. The molecule has 0 radical (unpaired) electrons. The molecule has 0 saturated carbocycles. The molecule has 1 aromatic carbocycles. The van der Waals surface area contributed by atoms with Gasteiger partial charge in [-0.05, 0) is 57.0 Å². The van der Waals surface area contributed by atoms with Crippen molar-refractivity contribution >= 4 is 27.0 Å². The number of piperidine rings is 1. The number of aryl methyl sites for hydroxylation is 2. The fourth-order valence-corrected chi connectivity index (χ4v) is 5.60. The zero-order valence-electron chi connectivity index (χ0n) is 18.2. The summed E-state index contributed by atoms with van der Waals surface area (Å²) in [5.74, 6) is 0.169. The van der Waals surface area contributed by atoms with E-state index >= 15 is 0 Å². The van der Waals surface area contributed by atoms with Crippen LogP contribution in [0.2, 0.25) is 0 Å². The molecule has 0 N–H and O–H groups in total. The van der Waals surface area contributed by atoms with Gasteiger partial charge in [-0.1, -0.05) is 6.42 Å². The van der Waals surface area contributed by atoms with Crippen LogP contribution in [0.15, 0.2) is 35.2 Å². The molecule has 0 spiro atoms. The number of fused-ring (bicyclic) bond motifs is 1. The van der Waals surface area contributed by atoms with E-state index in [0.717, 1.165) is 30.5 Å². The van der Waals surface area contributed by atoms with E-state index in [4.69, 9.17) is 4.74 Å². The molecule has 0 amide bonds. The van der Waals surface area contributed by atoms with Crippen LogP contribution >= 0.6 is 0 Å². The molecule has 166 valence electrons. The summed E-state index contributed by atoms with van der Waals surface area (Å²) in [6, 6.07) is 8.65. The van der Waals surface area contributed by atoms with Crippen molar-refractivity contribution in [3.8, 4) is 0 Å². The molecule has 0 bridgehead atoms. The molecular formula is C22H28N4O4S. The maximum atomic E-state index is 13.0. The molecule has 1 aliphatic heterocycles. The largest absolute Gasteiger partial charge is 0.453 e. The molecule has 4 rings (SSSR count). The van der Waals surface area contributed by atoms with Crippen LogP contribution in [0.5, 0.6) is 0 Å². The third-order valence-corrected chi connectivity index (χ3v) is 7.88. The number of benzene rings is 1. The molecule has 0 unspecified atom stereocenters. The summed E-state index contributed by atoms with van der Waals surface area (Å²) in [6.07, 6.45) is 2.85. The Labute approximate surface area is 182 Å². The van der Waals surface area contributed by atoms with E-state index < -0.39 is 16.0 Å². The second-order valence-corrected chi connectivity index (χ2v) is 9.82. The zero-order valence-corrected chi connectivity index (χ0v) is 19.0. The van der Waals surface area contributed by atoms with Crippen LogP contribution in [0.1, 0.15) is 48.2 Å². The van der Waals surface area contributed by atoms with Crippen molar-refractivity contribution < 1.29 is 17.9 Å². The summed E-state index contributed by atoms with van der Waals surface area (Å²) >= 11 is 0. The first-order valence-corrected chi connectivity index (χ1v) is 12.1. The van der Waals surface area contributed by atoms with Crippen molar-refractivity contribution in [1.29, 1.82) is 0 Å². The summed E-state index contributed by atoms with van der Waals surface area (Å²) in [5.41, 5.74) is 2.85. The molecule has 0 aliphatic carbocycles. The summed E-state index contributed by atoms with van der Waals surface area (Å²) in [6.45, 7) is 5.66. The van der Waals surface area contributed by atoms with Crippen LogP contribution in [-0.2, 0) is 35.0 Å². The predicted molar refractivity (Wildman–Crippen MR) is 117 cm³/mol. The van der Waals surface area contributed by atoms with Gasteiger partial charge in [-0.25, -0.2) is 18.2 Å². The number of rotatable bonds is 6. The highest BCUT2D eigenvalue weighted by molar-refractivity contribution is 7.89. The van der Waals surface area contributed by atoms with Crippen LogP contribution in [0.25, 0.3) is 11.0 Å². The van der Waals surface area contributed by atoms with Crippen molar-refractivity contribution in [2.45, 2.75) is 51.2 Å². The van der Waals surface area contributed by atoms with Gasteiger partial charge in [0.1, 0.15) is 18.1 Å². The third-order valence-electron chi connectivity index (χ3n) is 5.98. The van der Waals surface area contributed by atoms with E-state index in [0.29, 0.717) is 36.7 Å². The van der Waals surface area contributed by atoms with Crippen LogP contribution in [0, 0.1) is 6.92 Å². The standard InChI is InChI=1S/C22H28N4O4S/c1-4-26-19-11-9-17(31(28,29)25-12-6-5-7-13-25)14-18(19)23-21(26)15-30-22(27)20-10-8-16(2)24(20)3/h8-11,14H,4-7,12-13,15H2,1-3H3. The molecule has 1 fully saturated rings. The Morgan fingerprint density at radius 1 is 1.13 bits per heavy atom. The van der Waals surface area contributed by atoms with E-state index in [2.05, 4.69) is 4.98 Å². The molecule has 31 heavy (non-hydrogen) atoms. The first-order chi connectivity index (χ1) is 14.8. The lowest BCUT2D eigenvalue weighted by molar-refractivity contribution is 0.0447. The number of aromatic nitrogens is 3. The van der Waals surface area contributed by atoms with Gasteiger partial charge < -0.3 is 13.9 Å². The summed E-state index contributed by atoms with van der Waals surface area (Å²) in [5, 5.41) is 0. The number of carbonyl (C=O) groups is 1. The molecular weight excluding hydrogens is 416 g/mol. The van der Waals surface area contributed by atoms with Gasteiger partial charge in [0.15, 0.2) is 0 Å². The molecule has 0 atom stereocenters. The van der Waals surface area contributed by atoms with Gasteiger partial charge >= 0.3 is 5.97 Å². The number of hydrogen-bond donors (Lipinski definition) is 0. The molecule has 9 heteroatoms. The Hall–Kier alpha value is -2.65. The fourth-order valence-electron chi connectivity index (χ4n) is 4.06. The normalized spacial score (nSPS) is 15.5. The Bertz CT molecular complexity index is 1220. The fraction of sp³-hybridized carbons (Fsp3) is 0.455. The van der Waals surface area contributed by atoms with Crippen molar-refractivity contribution in [2.24, 2.45) is 7.05 Å². The molecule has 2 aromatic heterocycles. The summed E-state index contributed by atoms with van der Waals surface area (Å²) in [7, 11) is -1.72. The number of carbonyl (C=O) groups excluding carboxylic acids is 1. The van der Waals surface area contributed by atoms with E-state index in [1.807, 2.05) is 31.5 Å². The predicted octanol–water partition coefficient (Wildman–Crippen LogP) is 3.23. The number of imidazole rings is 1. The van der Waals surface area contributed by atoms with Crippen molar-refractivity contribution in [3.05, 3.63) is 47.5 Å². The Morgan fingerprint density at radius 2 is 1.87 bits per heavy atom. The average Bonchev–Trinajstić information content (AvgIpc) is 3.31. The maximum absolute atomic E-state index is 13.0.